The van der Waals surface area contributed by atoms with Crippen LogP contribution in [0.5, 0.6) is 0 Å². The number of pyridine rings is 1. The van der Waals surface area contributed by atoms with Crippen LogP contribution in [-0.2, 0) is 19.4 Å². The summed E-state index contributed by atoms with van der Waals surface area (Å²) in [6.07, 6.45) is 6.22. The minimum absolute atomic E-state index is 0.654. The molecule has 0 radical (unpaired) electrons. The Bertz CT molecular complexity index is 1170. The summed E-state index contributed by atoms with van der Waals surface area (Å²) in [7, 11) is 0. The molecule has 1 aromatic carbocycles. The second-order valence-electron chi connectivity index (χ2n) is 7.47. The highest BCUT2D eigenvalue weighted by Crippen LogP contribution is 2.34. The summed E-state index contributed by atoms with van der Waals surface area (Å²) in [5.74, 6) is 1.04. The molecular formula is C23H22ClN5. The Morgan fingerprint density at radius 2 is 1.90 bits per heavy atom. The SMILES string of the molecule is Cc1nn2c(NCc3ccccn3)c3c(nc2c1-c1ccc(Cl)cc1)CCCC3. The van der Waals surface area contributed by atoms with E-state index in [0.29, 0.717) is 6.54 Å². The molecule has 0 spiro atoms. The molecule has 6 heteroatoms. The van der Waals surface area contributed by atoms with Crippen LogP contribution in [0.15, 0.2) is 48.7 Å². The van der Waals surface area contributed by atoms with Crippen molar-refractivity contribution in [2.45, 2.75) is 39.2 Å². The molecule has 0 amide bonds. The van der Waals surface area contributed by atoms with E-state index in [1.807, 2.05) is 60.1 Å². The first-order valence-electron chi connectivity index (χ1n) is 10.0. The highest BCUT2D eigenvalue weighted by Gasteiger charge is 2.23. The number of hydrogen-bond donors (Lipinski definition) is 1. The molecule has 0 unspecified atom stereocenters. The molecule has 5 rings (SSSR count). The van der Waals surface area contributed by atoms with Crippen LogP contribution in [0.1, 0.15) is 35.5 Å². The van der Waals surface area contributed by atoms with Gasteiger partial charge in [-0.15, -0.1) is 0 Å². The number of aromatic nitrogens is 4. The molecule has 0 fully saturated rings. The Labute approximate surface area is 174 Å². The summed E-state index contributed by atoms with van der Waals surface area (Å²) in [5, 5.41) is 9.21. The predicted octanol–water partition coefficient (Wildman–Crippen LogP) is 5.24. The van der Waals surface area contributed by atoms with Gasteiger partial charge in [-0.25, -0.2) is 4.98 Å². The van der Waals surface area contributed by atoms with Gasteiger partial charge in [0.1, 0.15) is 5.82 Å². The van der Waals surface area contributed by atoms with Gasteiger partial charge in [0.2, 0.25) is 0 Å². The molecule has 5 nitrogen and oxygen atoms in total. The number of anilines is 1. The molecule has 0 saturated heterocycles. The summed E-state index contributed by atoms with van der Waals surface area (Å²) in [6, 6.07) is 13.9. The lowest BCUT2D eigenvalue weighted by molar-refractivity contribution is 0.661. The maximum atomic E-state index is 6.10. The van der Waals surface area contributed by atoms with Crippen molar-refractivity contribution in [3.05, 3.63) is 76.3 Å². The number of fused-ring (bicyclic) bond motifs is 2. The van der Waals surface area contributed by atoms with Crippen molar-refractivity contribution in [2.75, 3.05) is 5.32 Å². The lowest BCUT2D eigenvalue weighted by Crippen LogP contribution is -2.15. The van der Waals surface area contributed by atoms with Crippen LogP contribution in [0.25, 0.3) is 16.8 Å². The zero-order valence-electron chi connectivity index (χ0n) is 16.3. The Morgan fingerprint density at radius 1 is 1.07 bits per heavy atom. The average Bonchev–Trinajstić information content (AvgIpc) is 3.08. The number of rotatable bonds is 4. The van der Waals surface area contributed by atoms with Crippen molar-refractivity contribution in [3.8, 4) is 11.1 Å². The lowest BCUT2D eigenvalue weighted by Gasteiger charge is -2.20. The highest BCUT2D eigenvalue weighted by atomic mass is 35.5. The van der Waals surface area contributed by atoms with Crippen LogP contribution < -0.4 is 5.32 Å². The van der Waals surface area contributed by atoms with Crippen molar-refractivity contribution in [1.29, 1.82) is 0 Å². The molecule has 29 heavy (non-hydrogen) atoms. The van der Waals surface area contributed by atoms with E-state index in [1.165, 1.54) is 24.1 Å². The second kappa shape index (κ2) is 7.48. The standard InChI is InChI=1S/C23H22ClN5/c1-15-21(16-9-11-17(24)12-10-16)23-27-20-8-3-2-7-19(20)22(29(23)28-15)26-14-18-6-4-5-13-25-18/h4-6,9-13,26H,2-3,7-8,14H2,1H3. The fourth-order valence-corrected chi connectivity index (χ4v) is 4.24. The van der Waals surface area contributed by atoms with Crippen LogP contribution in [0.3, 0.4) is 0 Å². The lowest BCUT2D eigenvalue weighted by atomic mass is 9.96. The molecule has 0 aliphatic heterocycles. The smallest absolute Gasteiger partial charge is 0.165 e. The zero-order valence-corrected chi connectivity index (χ0v) is 17.1. The molecule has 0 saturated carbocycles. The first-order chi connectivity index (χ1) is 14.2. The Balaban J connectivity index is 1.66. The number of aryl methyl sites for hydroxylation is 2. The third-order valence-electron chi connectivity index (χ3n) is 5.51. The third-order valence-corrected chi connectivity index (χ3v) is 5.76. The van der Waals surface area contributed by atoms with Crippen LogP contribution in [0.4, 0.5) is 5.82 Å². The molecule has 146 valence electrons. The Hall–Kier alpha value is -2.92. The van der Waals surface area contributed by atoms with Crippen molar-refractivity contribution >= 4 is 23.1 Å². The maximum Gasteiger partial charge on any atom is 0.165 e. The van der Waals surface area contributed by atoms with Gasteiger partial charge in [0.15, 0.2) is 5.65 Å². The van der Waals surface area contributed by atoms with Gasteiger partial charge in [0.05, 0.1) is 17.9 Å². The second-order valence-corrected chi connectivity index (χ2v) is 7.91. The molecule has 1 aliphatic rings. The predicted molar refractivity (Wildman–Crippen MR) is 116 cm³/mol. The van der Waals surface area contributed by atoms with E-state index in [-0.39, 0.29) is 0 Å². The molecule has 1 N–H and O–H groups in total. The topological polar surface area (TPSA) is 55.1 Å². The average molecular weight is 404 g/mol. The fraction of sp³-hybridized carbons (Fsp3) is 0.261. The maximum absolute atomic E-state index is 6.10. The van der Waals surface area contributed by atoms with Gasteiger partial charge in [-0.05, 0) is 62.4 Å². The normalized spacial score (nSPS) is 13.4. The summed E-state index contributed by atoms with van der Waals surface area (Å²) < 4.78 is 1.98. The van der Waals surface area contributed by atoms with Crippen LogP contribution in [0, 0.1) is 6.92 Å². The Morgan fingerprint density at radius 3 is 2.69 bits per heavy atom. The molecule has 1 aliphatic carbocycles. The van der Waals surface area contributed by atoms with Crippen molar-refractivity contribution < 1.29 is 0 Å². The first kappa shape index (κ1) is 18.1. The van der Waals surface area contributed by atoms with Crippen LogP contribution in [-0.4, -0.2) is 19.6 Å². The van der Waals surface area contributed by atoms with Gasteiger partial charge < -0.3 is 5.32 Å². The number of nitrogens with one attached hydrogen (secondary N) is 1. The van der Waals surface area contributed by atoms with E-state index in [2.05, 4.69) is 10.3 Å². The van der Waals surface area contributed by atoms with Gasteiger partial charge in [0.25, 0.3) is 0 Å². The fourth-order valence-electron chi connectivity index (χ4n) is 4.11. The third kappa shape index (κ3) is 3.36. The number of hydrogen-bond acceptors (Lipinski definition) is 4. The molecule has 4 aromatic rings. The Kier molecular flexibility index (Phi) is 4.68. The number of benzene rings is 1. The molecular weight excluding hydrogens is 382 g/mol. The van der Waals surface area contributed by atoms with E-state index in [1.54, 1.807) is 0 Å². The van der Waals surface area contributed by atoms with Gasteiger partial charge in [-0.3, -0.25) is 4.98 Å². The summed E-state index contributed by atoms with van der Waals surface area (Å²) in [4.78, 5) is 9.51. The molecule has 3 aromatic heterocycles. The quantitative estimate of drug-likeness (QED) is 0.506. The monoisotopic (exact) mass is 403 g/mol. The molecule has 0 bridgehead atoms. The minimum atomic E-state index is 0.654. The van der Waals surface area contributed by atoms with Crippen molar-refractivity contribution in [3.63, 3.8) is 0 Å². The van der Waals surface area contributed by atoms with Gasteiger partial charge in [-0.2, -0.15) is 9.61 Å². The molecule has 0 atom stereocenters. The molecule has 3 heterocycles. The van der Waals surface area contributed by atoms with Crippen LogP contribution >= 0.6 is 11.6 Å². The minimum Gasteiger partial charge on any atom is -0.364 e. The number of nitrogens with zero attached hydrogens (tertiary/aromatic N) is 4. The van der Waals surface area contributed by atoms with Crippen LogP contribution in [0.2, 0.25) is 5.02 Å². The number of halogens is 1. The first-order valence-corrected chi connectivity index (χ1v) is 10.4. The zero-order chi connectivity index (χ0) is 19.8. The van der Waals surface area contributed by atoms with E-state index in [4.69, 9.17) is 21.7 Å². The van der Waals surface area contributed by atoms with E-state index >= 15 is 0 Å². The van der Waals surface area contributed by atoms with E-state index in [0.717, 1.165) is 51.8 Å². The summed E-state index contributed by atoms with van der Waals surface area (Å²) in [6.45, 7) is 2.70. The van der Waals surface area contributed by atoms with Gasteiger partial charge in [-0.1, -0.05) is 29.8 Å². The highest BCUT2D eigenvalue weighted by molar-refractivity contribution is 6.30. The summed E-state index contributed by atoms with van der Waals surface area (Å²) in [5.41, 5.74) is 7.48. The van der Waals surface area contributed by atoms with Gasteiger partial charge in [0, 0.05) is 28.0 Å². The largest absolute Gasteiger partial charge is 0.364 e. The van der Waals surface area contributed by atoms with E-state index in [9.17, 15) is 0 Å². The van der Waals surface area contributed by atoms with E-state index < -0.39 is 0 Å². The van der Waals surface area contributed by atoms with Gasteiger partial charge >= 0.3 is 0 Å². The van der Waals surface area contributed by atoms with Crippen molar-refractivity contribution in [1.82, 2.24) is 19.6 Å². The summed E-state index contributed by atoms with van der Waals surface area (Å²) >= 11 is 6.10. The van der Waals surface area contributed by atoms with Crippen molar-refractivity contribution in [2.24, 2.45) is 0 Å².